The van der Waals surface area contributed by atoms with E-state index in [0.29, 0.717) is 18.6 Å². The lowest BCUT2D eigenvalue weighted by Gasteiger charge is -2.10. The van der Waals surface area contributed by atoms with Crippen molar-refractivity contribution in [3.63, 3.8) is 0 Å². The molecule has 4 rings (SSSR count). The van der Waals surface area contributed by atoms with Crippen LogP contribution in [0.5, 0.6) is 5.75 Å². The molecule has 0 aliphatic carbocycles. The molecule has 4 aromatic rings. The fourth-order valence-corrected chi connectivity index (χ4v) is 4.93. The molecule has 0 radical (unpaired) electrons. The number of carbonyl (C=O) groups is 2. The number of carbonyl (C=O) groups excluding carboxylic acids is 2. The number of aryl methyl sites for hydroxylation is 3. The Labute approximate surface area is 249 Å². The van der Waals surface area contributed by atoms with Crippen LogP contribution in [0.1, 0.15) is 58.8 Å². The number of rotatable bonds is 10. The Morgan fingerprint density at radius 3 is 2.31 bits per heavy atom. The van der Waals surface area contributed by atoms with Crippen molar-refractivity contribution >= 4 is 33.2 Å². The highest BCUT2D eigenvalue weighted by molar-refractivity contribution is 7.62. The van der Waals surface area contributed by atoms with Gasteiger partial charge in [-0.05, 0) is 67.1 Å². The van der Waals surface area contributed by atoms with Gasteiger partial charge in [-0.1, -0.05) is 59.3 Å². The highest BCUT2D eigenvalue weighted by Gasteiger charge is 2.15. The van der Waals surface area contributed by atoms with Gasteiger partial charge in [0.15, 0.2) is 0 Å². The number of hydrogen-bond acceptors (Lipinski definition) is 5. The van der Waals surface area contributed by atoms with E-state index < -0.39 is 16.4 Å². The summed E-state index contributed by atoms with van der Waals surface area (Å²) in [4.78, 5) is 25.5. The molecule has 0 bridgehead atoms. The van der Waals surface area contributed by atoms with Gasteiger partial charge >= 0.3 is 10.5 Å². The van der Waals surface area contributed by atoms with Crippen LogP contribution < -0.4 is 4.74 Å². The maximum atomic E-state index is 12.0. The maximum absolute atomic E-state index is 12.0. The minimum atomic E-state index is -2.81. The first kappa shape index (κ1) is 32.3. The molecule has 0 N–H and O–H groups in total. The van der Waals surface area contributed by atoms with Crippen molar-refractivity contribution in [1.82, 2.24) is 9.47 Å². The third-order valence-electron chi connectivity index (χ3n) is 6.86. The minimum absolute atomic E-state index is 0.129. The molecule has 0 unspecified atom stereocenters. The molecule has 0 aliphatic heterocycles. The van der Waals surface area contributed by atoms with Gasteiger partial charge in [-0.15, -0.1) is 0 Å². The van der Waals surface area contributed by atoms with Crippen molar-refractivity contribution in [2.24, 2.45) is 4.36 Å². The summed E-state index contributed by atoms with van der Waals surface area (Å²) in [6, 6.07) is 21.6. The molecule has 222 valence electrons. The number of aromatic nitrogens is 1. The number of hydrogen-bond donors (Lipinski definition) is 0. The molecule has 0 aliphatic rings. The number of ether oxygens (including phenoxy) is 1. The third kappa shape index (κ3) is 9.14. The van der Waals surface area contributed by atoms with Crippen LogP contribution in [0.15, 0.2) is 77.3 Å². The topological polar surface area (TPSA) is 98.0 Å². The van der Waals surface area contributed by atoms with Crippen LogP contribution in [0.25, 0.3) is 10.9 Å². The van der Waals surface area contributed by atoms with E-state index in [4.69, 9.17) is 4.74 Å². The second-order valence-corrected chi connectivity index (χ2v) is 10.9. The molecule has 1 aromatic heterocycles. The fourth-order valence-electron chi connectivity index (χ4n) is 4.69. The number of fused-ring (bicyclic) bond motifs is 1. The number of benzene rings is 3. The Morgan fingerprint density at radius 1 is 0.976 bits per heavy atom. The van der Waals surface area contributed by atoms with Crippen LogP contribution in [0.3, 0.4) is 0 Å². The van der Waals surface area contributed by atoms with Crippen LogP contribution in [0.4, 0.5) is 0 Å². The lowest BCUT2D eigenvalue weighted by molar-refractivity contribution is -0.128. The zero-order valence-corrected chi connectivity index (χ0v) is 25.8. The summed E-state index contributed by atoms with van der Waals surface area (Å²) in [7, 11) is 2.25. The summed E-state index contributed by atoms with van der Waals surface area (Å²) in [6.45, 7) is 5.12. The average Bonchev–Trinajstić information content (AvgIpc) is 3.29. The predicted molar refractivity (Wildman–Crippen MR) is 167 cm³/mol. The lowest BCUT2D eigenvalue weighted by Crippen LogP contribution is -2.21. The van der Waals surface area contributed by atoms with Crippen molar-refractivity contribution in [2.75, 3.05) is 21.2 Å². The second-order valence-electron chi connectivity index (χ2n) is 10.3. The summed E-state index contributed by atoms with van der Waals surface area (Å²) in [5.74, 6) is -0.207. The smallest absolute Gasteiger partial charge is 0.319 e. The average molecular weight is 590 g/mol. The summed E-state index contributed by atoms with van der Waals surface area (Å²) in [5.41, 5.74) is 5.81. The van der Waals surface area contributed by atoms with Crippen LogP contribution in [-0.4, -0.2) is 50.9 Å². The van der Waals surface area contributed by atoms with Gasteiger partial charge in [0, 0.05) is 56.1 Å². The van der Waals surface area contributed by atoms with Gasteiger partial charge in [0.1, 0.15) is 5.75 Å². The summed E-state index contributed by atoms with van der Waals surface area (Å²) >= 11 is 0. The fraction of sp³-hybridized carbons (Fsp3) is 0.333. The molecule has 2 amide bonds. The molecular formula is C33H39N3O5S. The summed E-state index contributed by atoms with van der Waals surface area (Å²) < 4.78 is 32.3. The van der Waals surface area contributed by atoms with E-state index in [-0.39, 0.29) is 11.5 Å². The van der Waals surface area contributed by atoms with Crippen LogP contribution in [0, 0.1) is 6.92 Å². The highest BCUT2D eigenvalue weighted by atomic mass is 32.2. The Balaban J connectivity index is 0.000000603. The van der Waals surface area contributed by atoms with Gasteiger partial charge in [-0.3, -0.25) is 9.59 Å². The van der Waals surface area contributed by atoms with Gasteiger partial charge in [0.05, 0.1) is 7.11 Å². The summed E-state index contributed by atoms with van der Waals surface area (Å²) in [5, 5.41) is 1.15. The molecule has 0 saturated heterocycles. The first-order chi connectivity index (χ1) is 20.1. The molecule has 0 fully saturated rings. The van der Waals surface area contributed by atoms with Gasteiger partial charge in [-0.2, -0.15) is 8.42 Å². The first-order valence-electron chi connectivity index (χ1n) is 14.0. The number of nitrogens with zero attached hydrogens (tertiary/aromatic N) is 3. The number of amides is 2. The molecule has 1 heterocycles. The Morgan fingerprint density at radius 2 is 1.71 bits per heavy atom. The minimum Gasteiger partial charge on any atom is -0.496 e. The largest absolute Gasteiger partial charge is 0.496 e. The van der Waals surface area contributed by atoms with E-state index in [2.05, 4.69) is 59.3 Å². The SMILES string of the molecule is CCCn1cc(Cc2ccc(C(=O)N=S(=O)=O)cc2OC)c2cc(CCCC(=O)N(C)C)ccc21.Cc1ccccc1. The van der Waals surface area contributed by atoms with Crippen molar-refractivity contribution in [2.45, 2.75) is 52.5 Å². The maximum Gasteiger partial charge on any atom is 0.319 e. The van der Waals surface area contributed by atoms with E-state index in [1.807, 2.05) is 18.2 Å². The van der Waals surface area contributed by atoms with Crippen molar-refractivity contribution in [3.8, 4) is 5.75 Å². The van der Waals surface area contributed by atoms with Gasteiger partial charge in [0.25, 0.3) is 5.91 Å². The van der Waals surface area contributed by atoms with E-state index in [1.54, 1.807) is 31.1 Å². The standard InChI is InChI=1S/C26H31N3O5S.C7H8/c1-5-13-29-17-21(15-19-10-11-20(16-24(19)34-4)26(31)27-35(32)33)22-14-18(9-12-23(22)29)7-6-8-25(30)28(2)3;1-7-5-3-2-4-6-7/h9-12,14,16-17H,5-8,13,15H2,1-4H3;2-6H,1H3. The molecule has 42 heavy (non-hydrogen) atoms. The van der Waals surface area contributed by atoms with E-state index in [0.717, 1.165) is 47.8 Å². The second kappa shape index (κ2) is 15.7. The molecule has 0 saturated carbocycles. The van der Waals surface area contributed by atoms with E-state index >= 15 is 0 Å². The molecule has 9 heteroatoms. The Kier molecular flexibility index (Phi) is 12.0. The predicted octanol–water partition coefficient (Wildman–Crippen LogP) is 6.26. The lowest BCUT2D eigenvalue weighted by atomic mass is 9.99. The van der Waals surface area contributed by atoms with E-state index in [9.17, 15) is 18.0 Å². The monoisotopic (exact) mass is 589 g/mol. The zero-order chi connectivity index (χ0) is 30.6. The Bertz CT molecular complexity index is 1650. The van der Waals surface area contributed by atoms with Crippen LogP contribution in [0.2, 0.25) is 0 Å². The molecular weight excluding hydrogens is 550 g/mol. The van der Waals surface area contributed by atoms with Crippen LogP contribution in [-0.2, 0) is 34.7 Å². The third-order valence-corrected chi connectivity index (χ3v) is 7.18. The van der Waals surface area contributed by atoms with Crippen LogP contribution >= 0.6 is 0 Å². The van der Waals surface area contributed by atoms with Crippen molar-refractivity contribution < 1.29 is 22.7 Å². The molecule has 8 nitrogen and oxygen atoms in total. The normalized spacial score (nSPS) is 10.5. The van der Waals surface area contributed by atoms with E-state index in [1.165, 1.54) is 24.3 Å². The number of methoxy groups -OCH3 is 1. The first-order valence-corrected chi connectivity index (χ1v) is 15.0. The Hall–Kier alpha value is -4.24. The molecule has 3 aromatic carbocycles. The molecule has 0 spiro atoms. The summed E-state index contributed by atoms with van der Waals surface area (Å²) in [6.07, 6.45) is 5.86. The highest BCUT2D eigenvalue weighted by Crippen LogP contribution is 2.30. The van der Waals surface area contributed by atoms with Crippen molar-refractivity contribution in [3.05, 3.63) is 101 Å². The van der Waals surface area contributed by atoms with Gasteiger partial charge in [-0.25, -0.2) is 0 Å². The molecule has 0 atom stereocenters. The van der Waals surface area contributed by atoms with Gasteiger partial charge < -0.3 is 14.2 Å². The van der Waals surface area contributed by atoms with Gasteiger partial charge in [0.2, 0.25) is 5.91 Å². The van der Waals surface area contributed by atoms with Crippen molar-refractivity contribution in [1.29, 1.82) is 0 Å². The zero-order valence-electron chi connectivity index (χ0n) is 25.0. The quantitative estimate of drug-likeness (QED) is 0.218.